The molecule has 0 aliphatic heterocycles. The predicted molar refractivity (Wildman–Crippen MR) is 47.8 cm³/mol. The largest absolute Gasteiger partial charge is 0.314 e. The van der Waals surface area contributed by atoms with E-state index >= 15 is 0 Å². The van der Waals surface area contributed by atoms with Crippen molar-refractivity contribution in [3.63, 3.8) is 0 Å². The molecule has 0 aromatic heterocycles. The third-order valence-electron chi connectivity index (χ3n) is 2.03. The van der Waals surface area contributed by atoms with Crippen LogP contribution in [0.2, 0.25) is 0 Å². The Bertz CT molecular complexity index is 361. The standard InChI is InChI=1S/C11H8O/c1-8-4-2-6-10-9(8)5-3-7-11(10)12/h2-6H,1H3/q+1. The lowest BCUT2D eigenvalue weighted by Crippen LogP contribution is -2.05. The zero-order valence-electron chi connectivity index (χ0n) is 6.79. The summed E-state index contributed by atoms with van der Waals surface area (Å²) in [7, 11) is 0. The number of carbonyl (C=O) groups is 1. The summed E-state index contributed by atoms with van der Waals surface area (Å²) in [6.07, 6.45) is 6.25. The van der Waals surface area contributed by atoms with Gasteiger partial charge in [0.1, 0.15) is 5.56 Å². The van der Waals surface area contributed by atoms with E-state index < -0.39 is 0 Å². The highest BCUT2D eigenvalue weighted by Crippen LogP contribution is 2.21. The molecule has 2 rings (SSSR count). The first kappa shape index (κ1) is 7.17. The number of fused-ring (bicyclic) bond motifs is 1. The fourth-order valence-corrected chi connectivity index (χ4v) is 1.38. The Kier molecular flexibility index (Phi) is 1.51. The molecule has 0 atom stereocenters. The van der Waals surface area contributed by atoms with Crippen LogP contribution in [-0.2, 0) is 0 Å². The van der Waals surface area contributed by atoms with E-state index in [0.717, 1.165) is 16.7 Å². The second-order valence-corrected chi connectivity index (χ2v) is 2.84. The van der Waals surface area contributed by atoms with Gasteiger partial charge >= 0.3 is 5.78 Å². The van der Waals surface area contributed by atoms with Crippen molar-refractivity contribution < 1.29 is 4.79 Å². The van der Waals surface area contributed by atoms with Crippen molar-refractivity contribution in [2.24, 2.45) is 0 Å². The van der Waals surface area contributed by atoms with Crippen molar-refractivity contribution in [1.29, 1.82) is 0 Å². The number of carbonyl (C=O) groups excluding carboxylic acids is 1. The van der Waals surface area contributed by atoms with Gasteiger partial charge < -0.3 is 0 Å². The van der Waals surface area contributed by atoms with Crippen LogP contribution in [0.15, 0.2) is 24.3 Å². The van der Waals surface area contributed by atoms with Crippen molar-refractivity contribution in [3.8, 4) is 0 Å². The Morgan fingerprint density at radius 2 is 2.17 bits per heavy atom. The molecule has 1 radical (unpaired) electrons. The van der Waals surface area contributed by atoms with Gasteiger partial charge in [-0.15, -0.1) is 0 Å². The summed E-state index contributed by atoms with van der Waals surface area (Å²) in [5.74, 6) is -0.0174. The van der Waals surface area contributed by atoms with Crippen LogP contribution in [0.5, 0.6) is 0 Å². The normalized spacial score (nSPS) is 13.9. The molecule has 1 aromatic carbocycles. The summed E-state index contributed by atoms with van der Waals surface area (Å²) in [6, 6.07) is 5.73. The molecule has 1 heteroatoms. The average Bonchev–Trinajstić information content (AvgIpc) is 2.07. The number of hydrogen-bond acceptors (Lipinski definition) is 1. The molecule has 0 saturated carbocycles. The maximum absolute atomic E-state index is 11.3. The third-order valence-corrected chi connectivity index (χ3v) is 2.03. The van der Waals surface area contributed by atoms with Crippen LogP contribution in [-0.4, -0.2) is 5.78 Å². The first-order chi connectivity index (χ1) is 5.79. The van der Waals surface area contributed by atoms with E-state index in [2.05, 4.69) is 6.42 Å². The zero-order valence-corrected chi connectivity index (χ0v) is 6.79. The molecule has 57 valence electrons. The molecule has 1 nitrogen and oxygen atoms in total. The van der Waals surface area contributed by atoms with Gasteiger partial charge in [0.15, 0.2) is 6.42 Å². The van der Waals surface area contributed by atoms with Crippen LogP contribution in [0.4, 0.5) is 0 Å². The lowest BCUT2D eigenvalue weighted by Gasteiger charge is -2.01. The fourth-order valence-electron chi connectivity index (χ4n) is 1.38. The molecule has 0 spiro atoms. The summed E-state index contributed by atoms with van der Waals surface area (Å²) < 4.78 is 0. The summed E-state index contributed by atoms with van der Waals surface area (Å²) in [5, 5.41) is 0. The van der Waals surface area contributed by atoms with Crippen LogP contribution < -0.4 is 0 Å². The van der Waals surface area contributed by atoms with Crippen LogP contribution in [0, 0.1) is 13.3 Å². The van der Waals surface area contributed by atoms with Crippen LogP contribution >= 0.6 is 0 Å². The van der Waals surface area contributed by atoms with E-state index in [1.54, 1.807) is 6.08 Å². The Balaban J connectivity index is 2.69. The van der Waals surface area contributed by atoms with Gasteiger partial charge in [0, 0.05) is 12.1 Å². The fraction of sp³-hybridized carbons (Fsp3) is 0.0909. The van der Waals surface area contributed by atoms with Crippen molar-refractivity contribution in [3.05, 3.63) is 47.4 Å². The monoisotopic (exact) mass is 156 g/mol. The summed E-state index contributed by atoms with van der Waals surface area (Å²) in [5.41, 5.74) is 2.93. The van der Waals surface area contributed by atoms with Gasteiger partial charge in [-0.25, -0.2) is 0 Å². The van der Waals surface area contributed by atoms with Gasteiger partial charge in [-0.3, -0.25) is 4.79 Å². The highest BCUT2D eigenvalue weighted by Gasteiger charge is 2.24. The van der Waals surface area contributed by atoms with Crippen LogP contribution in [0.1, 0.15) is 21.5 Å². The smallest absolute Gasteiger partial charge is 0.255 e. The molecule has 0 unspecified atom stereocenters. The Labute approximate surface area is 71.7 Å². The molecule has 1 aromatic rings. The molecule has 1 aliphatic carbocycles. The van der Waals surface area contributed by atoms with Gasteiger partial charge in [-0.2, -0.15) is 0 Å². The number of ketones is 1. The Morgan fingerprint density at radius 1 is 1.33 bits per heavy atom. The average molecular weight is 156 g/mol. The summed E-state index contributed by atoms with van der Waals surface area (Å²) >= 11 is 0. The highest BCUT2D eigenvalue weighted by atomic mass is 16.1. The lowest BCUT2D eigenvalue weighted by molar-refractivity contribution is 0.103. The SMILES string of the molecule is Cc1cccc2c1C=C[C+]C2=O. The van der Waals surface area contributed by atoms with Gasteiger partial charge in [-0.05, 0) is 18.6 Å². The minimum atomic E-state index is -0.0174. The molecule has 1 aliphatic rings. The predicted octanol–water partition coefficient (Wildman–Crippen LogP) is 2.29. The molecule has 0 amide bonds. The number of aryl methyl sites for hydroxylation is 1. The molecule has 12 heavy (non-hydrogen) atoms. The molecular formula is C11H8O+. The number of hydrogen-bond donors (Lipinski definition) is 0. The number of rotatable bonds is 0. The number of benzene rings is 1. The van der Waals surface area contributed by atoms with E-state index in [-0.39, 0.29) is 5.78 Å². The van der Waals surface area contributed by atoms with Crippen LogP contribution in [0.3, 0.4) is 0 Å². The van der Waals surface area contributed by atoms with Gasteiger partial charge in [0.2, 0.25) is 0 Å². The number of allylic oxidation sites excluding steroid dienone is 1. The van der Waals surface area contributed by atoms with Crippen molar-refractivity contribution in [2.75, 3.05) is 0 Å². The first-order valence-electron chi connectivity index (χ1n) is 3.86. The highest BCUT2D eigenvalue weighted by molar-refractivity contribution is 6.09. The van der Waals surface area contributed by atoms with E-state index in [4.69, 9.17) is 0 Å². The second-order valence-electron chi connectivity index (χ2n) is 2.84. The quantitative estimate of drug-likeness (QED) is 0.527. The molecule has 0 N–H and O–H groups in total. The maximum atomic E-state index is 11.3. The Morgan fingerprint density at radius 3 is 2.92 bits per heavy atom. The van der Waals surface area contributed by atoms with E-state index in [1.807, 2.05) is 31.2 Å². The Hall–Kier alpha value is -1.50. The van der Waals surface area contributed by atoms with E-state index in [0.29, 0.717) is 0 Å². The van der Waals surface area contributed by atoms with Crippen molar-refractivity contribution in [1.82, 2.24) is 0 Å². The van der Waals surface area contributed by atoms with Gasteiger partial charge in [-0.1, -0.05) is 6.07 Å². The topological polar surface area (TPSA) is 17.1 Å². The van der Waals surface area contributed by atoms with Crippen LogP contribution in [0.25, 0.3) is 6.08 Å². The van der Waals surface area contributed by atoms with E-state index in [1.165, 1.54) is 0 Å². The summed E-state index contributed by atoms with van der Waals surface area (Å²) in [6.45, 7) is 2.00. The first-order valence-corrected chi connectivity index (χ1v) is 3.86. The maximum Gasteiger partial charge on any atom is 0.314 e. The molecular weight excluding hydrogens is 148 g/mol. The minimum Gasteiger partial charge on any atom is -0.255 e. The van der Waals surface area contributed by atoms with Gasteiger partial charge in [0.05, 0.1) is 11.6 Å². The van der Waals surface area contributed by atoms with Gasteiger partial charge in [0.25, 0.3) is 0 Å². The lowest BCUT2D eigenvalue weighted by atomic mass is 9.93. The molecule has 0 heterocycles. The molecule has 0 saturated heterocycles. The van der Waals surface area contributed by atoms with Crippen molar-refractivity contribution in [2.45, 2.75) is 6.92 Å². The molecule has 0 fully saturated rings. The zero-order chi connectivity index (χ0) is 8.55. The number of Topliss-reactive ketones (excluding diaryl/α,β-unsaturated/α-hetero) is 1. The second kappa shape index (κ2) is 2.52. The minimum absolute atomic E-state index is 0.0174. The summed E-state index contributed by atoms with van der Waals surface area (Å²) in [4.78, 5) is 11.3. The van der Waals surface area contributed by atoms with Crippen molar-refractivity contribution >= 4 is 11.9 Å². The third kappa shape index (κ3) is 0.944. The molecule has 0 bridgehead atoms. The van der Waals surface area contributed by atoms with E-state index in [9.17, 15) is 4.79 Å².